The molecule has 2 atom stereocenters. The Morgan fingerprint density at radius 1 is 1.42 bits per heavy atom. The first-order valence-electron chi connectivity index (χ1n) is 8.28. The minimum atomic E-state index is -0.515. The van der Waals surface area contributed by atoms with E-state index < -0.39 is 6.10 Å². The third-order valence-electron chi connectivity index (χ3n) is 4.93. The van der Waals surface area contributed by atoms with Crippen LogP contribution in [0.1, 0.15) is 32.9 Å². The van der Waals surface area contributed by atoms with Crippen molar-refractivity contribution in [1.29, 1.82) is 0 Å². The highest BCUT2D eigenvalue weighted by molar-refractivity contribution is 5.96. The average molecular weight is 327 g/mol. The van der Waals surface area contributed by atoms with Gasteiger partial charge in [-0.15, -0.1) is 0 Å². The molecule has 1 saturated heterocycles. The van der Waals surface area contributed by atoms with Gasteiger partial charge in [0.25, 0.3) is 5.91 Å². The third-order valence-corrected chi connectivity index (χ3v) is 4.93. The molecule has 2 N–H and O–H groups in total. The van der Waals surface area contributed by atoms with Crippen LogP contribution in [0.5, 0.6) is 0 Å². The molecule has 0 bridgehead atoms. The van der Waals surface area contributed by atoms with Crippen molar-refractivity contribution in [2.75, 3.05) is 13.1 Å². The number of rotatable bonds is 3. The van der Waals surface area contributed by atoms with Crippen LogP contribution in [0.3, 0.4) is 0 Å². The average Bonchev–Trinajstić information content (AvgIpc) is 3.28. The van der Waals surface area contributed by atoms with Crippen LogP contribution >= 0.6 is 0 Å². The van der Waals surface area contributed by atoms with Crippen molar-refractivity contribution in [1.82, 2.24) is 15.1 Å². The highest BCUT2D eigenvalue weighted by Gasteiger charge is 2.35. The Labute approximate surface area is 140 Å². The minimum absolute atomic E-state index is 0.0166. The van der Waals surface area contributed by atoms with Gasteiger partial charge < -0.3 is 14.7 Å². The first-order chi connectivity index (χ1) is 11.6. The fourth-order valence-corrected chi connectivity index (χ4v) is 3.64. The number of aliphatic hydroxyl groups excluding tert-OH is 1. The van der Waals surface area contributed by atoms with Crippen LogP contribution < -0.4 is 0 Å². The monoisotopic (exact) mass is 327 g/mol. The van der Waals surface area contributed by atoms with Gasteiger partial charge >= 0.3 is 0 Å². The van der Waals surface area contributed by atoms with Crippen LogP contribution in [0.15, 0.2) is 24.3 Å². The molecule has 0 saturated carbocycles. The van der Waals surface area contributed by atoms with E-state index in [-0.39, 0.29) is 11.8 Å². The smallest absolute Gasteiger partial charge is 0.254 e. The molecule has 2 aromatic rings. The Morgan fingerprint density at radius 2 is 2.29 bits per heavy atom. The second-order valence-corrected chi connectivity index (χ2v) is 6.72. The Bertz CT molecular complexity index is 771. The minimum Gasteiger partial charge on any atom is -0.391 e. The second-order valence-electron chi connectivity index (χ2n) is 6.72. The van der Waals surface area contributed by atoms with E-state index in [1.165, 1.54) is 0 Å². The molecular weight excluding hydrogens is 306 g/mol. The van der Waals surface area contributed by atoms with Gasteiger partial charge in [-0.05, 0) is 36.6 Å². The molecule has 1 fully saturated rings. The van der Waals surface area contributed by atoms with E-state index in [9.17, 15) is 9.90 Å². The van der Waals surface area contributed by atoms with Gasteiger partial charge in [-0.25, -0.2) is 0 Å². The maximum atomic E-state index is 12.9. The first-order valence-corrected chi connectivity index (χ1v) is 8.28. The Morgan fingerprint density at radius 3 is 3.08 bits per heavy atom. The van der Waals surface area contributed by atoms with Crippen molar-refractivity contribution in [2.24, 2.45) is 5.92 Å². The van der Waals surface area contributed by atoms with Crippen molar-refractivity contribution < 1.29 is 14.6 Å². The summed E-state index contributed by atoms with van der Waals surface area (Å²) in [7, 11) is 0. The lowest BCUT2D eigenvalue weighted by Crippen LogP contribution is -2.30. The zero-order valence-corrected chi connectivity index (χ0v) is 13.7. The lowest BCUT2D eigenvalue weighted by molar-refractivity contribution is 0.0760. The van der Waals surface area contributed by atoms with Gasteiger partial charge in [0, 0.05) is 30.3 Å². The number of hydrogen-bond acceptors (Lipinski definition) is 4. The Balaban J connectivity index is 1.49. The van der Waals surface area contributed by atoms with Crippen LogP contribution in [-0.2, 0) is 24.4 Å². The molecule has 0 unspecified atom stereocenters. The van der Waals surface area contributed by atoms with E-state index in [1.807, 2.05) is 31.2 Å². The maximum absolute atomic E-state index is 12.9. The molecule has 6 nitrogen and oxygen atoms in total. The lowest BCUT2D eigenvalue weighted by atomic mass is 10.00. The van der Waals surface area contributed by atoms with Crippen molar-refractivity contribution in [3.05, 3.63) is 52.3 Å². The van der Waals surface area contributed by atoms with Crippen molar-refractivity contribution >= 4 is 5.91 Å². The number of hydrogen-bond donors (Lipinski definition) is 2. The van der Waals surface area contributed by atoms with Crippen molar-refractivity contribution in [3.63, 3.8) is 0 Å². The zero-order valence-electron chi connectivity index (χ0n) is 13.7. The molecule has 24 heavy (non-hydrogen) atoms. The molecule has 0 radical (unpaired) electrons. The summed E-state index contributed by atoms with van der Waals surface area (Å²) in [5.41, 5.74) is 4.71. The third kappa shape index (κ3) is 2.72. The fourth-order valence-electron chi connectivity index (χ4n) is 3.64. The van der Waals surface area contributed by atoms with E-state index in [1.54, 1.807) is 4.90 Å². The quantitative estimate of drug-likeness (QED) is 0.894. The molecule has 0 aliphatic carbocycles. The summed E-state index contributed by atoms with van der Waals surface area (Å²) in [4.78, 5) is 14.6. The summed E-state index contributed by atoms with van der Waals surface area (Å²) in [6, 6.07) is 7.74. The highest BCUT2D eigenvalue weighted by atomic mass is 16.5. The van der Waals surface area contributed by atoms with Gasteiger partial charge in [-0.3, -0.25) is 9.89 Å². The number of aliphatic hydroxyl groups is 1. The molecule has 4 rings (SSSR count). The number of nitrogens with zero attached hydrogens (tertiary/aromatic N) is 2. The number of nitrogens with one attached hydrogen (secondary N) is 1. The topological polar surface area (TPSA) is 78.5 Å². The summed E-state index contributed by atoms with van der Waals surface area (Å²) in [6.07, 6.45) is 0.157. The van der Waals surface area contributed by atoms with Gasteiger partial charge in [0.05, 0.1) is 25.0 Å². The van der Waals surface area contributed by atoms with Crippen LogP contribution in [0.4, 0.5) is 0 Å². The lowest BCUT2D eigenvalue weighted by Gasteiger charge is -2.17. The van der Waals surface area contributed by atoms with Crippen molar-refractivity contribution in [2.45, 2.75) is 32.7 Å². The predicted octanol–water partition coefficient (Wildman–Crippen LogP) is 1.42. The number of aromatic nitrogens is 2. The SMILES string of the molecule is Cc1cc(C[C@@H]2CN(C(=O)c3cccc4c3COC4)C[C@H]2O)n[nH]1. The summed E-state index contributed by atoms with van der Waals surface area (Å²) in [6.45, 7) is 3.94. The number of H-pyrrole nitrogens is 1. The van der Waals surface area contributed by atoms with E-state index >= 15 is 0 Å². The van der Waals surface area contributed by atoms with Gasteiger partial charge in [-0.2, -0.15) is 5.10 Å². The normalized spacial score (nSPS) is 22.8. The van der Waals surface area contributed by atoms with Crippen LogP contribution in [0, 0.1) is 12.8 Å². The molecule has 1 aromatic heterocycles. The van der Waals surface area contributed by atoms with Gasteiger partial charge in [0.2, 0.25) is 0 Å². The van der Waals surface area contributed by atoms with E-state index in [0.717, 1.165) is 22.5 Å². The highest BCUT2D eigenvalue weighted by Crippen LogP contribution is 2.27. The van der Waals surface area contributed by atoms with E-state index in [0.29, 0.717) is 38.3 Å². The molecule has 126 valence electrons. The number of benzene rings is 1. The zero-order chi connectivity index (χ0) is 16.7. The van der Waals surface area contributed by atoms with Crippen molar-refractivity contribution in [3.8, 4) is 0 Å². The summed E-state index contributed by atoms with van der Waals surface area (Å²) >= 11 is 0. The molecule has 6 heteroatoms. The maximum Gasteiger partial charge on any atom is 0.254 e. The molecule has 0 spiro atoms. The number of aromatic amines is 1. The largest absolute Gasteiger partial charge is 0.391 e. The second kappa shape index (κ2) is 6.03. The molecule has 2 aliphatic heterocycles. The molecule has 2 aliphatic rings. The van der Waals surface area contributed by atoms with E-state index in [2.05, 4.69) is 10.2 Å². The molecule has 1 amide bonds. The number of amides is 1. The number of β-amino-alcohol motifs (C(OH)–C–C–N with tert-alkyl or cyclic N) is 1. The molecule has 1 aromatic carbocycles. The number of likely N-dealkylation sites (tertiary alicyclic amines) is 1. The molecular formula is C18H21N3O3. The van der Waals surface area contributed by atoms with Crippen LogP contribution in [0.25, 0.3) is 0 Å². The Hall–Kier alpha value is -2.18. The standard InChI is InChI=1S/C18H21N3O3/c1-11-5-14(20-19-11)6-13-7-21(8-17(13)22)18(23)15-4-2-3-12-9-24-10-16(12)15/h2-5,13,17,22H,6-10H2,1H3,(H,19,20)/t13-,17-/m1/s1. The van der Waals surface area contributed by atoms with Crippen LogP contribution in [0.2, 0.25) is 0 Å². The summed E-state index contributed by atoms with van der Waals surface area (Å²) < 4.78 is 5.46. The summed E-state index contributed by atoms with van der Waals surface area (Å²) in [5.74, 6) is 0.00164. The Kier molecular flexibility index (Phi) is 3.86. The predicted molar refractivity (Wildman–Crippen MR) is 87.4 cm³/mol. The number of aryl methyl sites for hydroxylation is 1. The van der Waals surface area contributed by atoms with Gasteiger partial charge in [-0.1, -0.05) is 12.1 Å². The van der Waals surface area contributed by atoms with Gasteiger partial charge in [0.1, 0.15) is 0 Å². The fraction of sp³-hybridized carbons (Fsp3) is 0.444. The molecule has 3 heterocycles. The first kappa shape index (κ1) is 15.4. The summed E-state index contributed by atoms with van der Waals surface area (Å²) in [5, 5.41) is 17.5. The number of ether oxygens (including phenoxy) is 1. The number of fused-ring (bicyclic) bond motifs is 1. The van der Waals surface area contributed by atoms with Crippen LogP contribution in [-0.4, -0.2) is 45.3 Å². The van der Waals surface area contributed by atoms with E-state index in [4.69, 9.17) is 4.74 Å². The van der Waals surface area contributed by atoms with Gasteiger partial charge in [0.15, 0.2) is 0 Å². The number of carbonyl (C=O) groups excluding carboxylic acids is 1. The number of carbonyl (C=O) groups is 1.